The average Bonchev–Trinajstić information content (AvgIpc) is 3.24. The molecule has 0 unspecified atom stereocenters. The number of carbonyl (C=O) groups is 2. The molecule has 5 rings (SSSR count). The second kappa shape index (κ2) is 10.5. The molecule has 3 aromatic rings. The van der Waals surface area contributed by atoms with Crippen molar-refractivity contribution in [3.63, 3.8) is 0 Å². The van der Waals surface area contributed by atoms with Crippen LogP contribution in [0.4, 0.5) is 0 Å². The number of thiophene rings is 1. The second-order valence-electron chi connectivity index (χ2n) is 8.96. The number of hydrogen-bond acceptors (Lipinski definition) is 5. The molecule has 2 aromatic heterocycles. The van der Waals surface area contributed by atoms with Gasteiger partial charge in [0.1, 0.15) is 6.54 Å². The third-order valence-electron chi connectivity index (χ3n) is 6.52. The predicted molar refractivity (Wildman–Crippen MR) is 132 cm³/mol. The lowest BCUT2D eigenvalue weighted by Gasteiger charge is -2.25. The molecule has 6 nitrogen and oxygen atoms in total. The van der Waals surface area contributed by atoms with Gasteiger partial charge in [-0.05, 0) is 48.9 Å². The molecular formula is C27H29N3O3S. The Hall–Kier alpha value is -3.03. The first-order valence-corrected chi connectivity index (χ1v) is 12.8. The molecule has 7 heteroatoms. The fraction of sp³-hybridized carbons (Fsp3) is 0.370. The van der Waals surface area contributed by atoms with Crippen LogP contribution in [0.3, 0.4) is 0 Å². The number of aromatic nitrogens is 1. The number of rotatable bonds is 6. The van der Waals surface area contributed by atoms with Crippen LogP contribution in [0, 0.1) is 0 Å². The Morgan fingerprint density at radius 3 is 2.71 bits per heavy atom. The van der Waals surface area contributed by atoms with E-state index in [1.807, 2.05) is 58.8 Å². The van der Waals surface area contributed by atoms with Crippen molar-refractivity contribution in [2.24, 2.45) is 0 Å². The SMILES string of the molecule is O=C1CN(C(=O)c2csc3c2CCCC3)C[C@@H](OCc2ccccn2)CN1Cc1ccccc1. The van der Waals surface area contributed by atoms with Crippen LogP contribution in [0.1, 0.15) is 44.9 Å². The van der Waals surface area contributed by atoms with Gasteiger partial charge in [-0.15, -0.1) is 11.3 Å². The average molecular weight is 476 g/mol. The van der Waals surface area contributed by atoms with Crippen molar-refractivity contribution in [3.05, 3.63) is 87.4 Å². The van der Waals surface area contributed by atoms with Crippen molar-refractivity contribution in [2.45, 2.75) is 44.9 Å². The molecule has 2 amide bonds. The van der Waals surface area contributed by atoms with Gasteiger partial charge >= 0.3 is 0 Å². The van der Waals surface area contributed by atoms with Crippen LogP contribution in [0.25, 0.3) is 0 Å². The molecule has 1 atom stereocenters. The van der Waals surface area contributed by atoms with E-state index in [1.165, 1.54) is 16.9 Å². The zero-order chi connectivity index (χ0) is 23.3. The number of fused-ring (bicyclic) bond motifs is 1. The van der Waals surface area contributed by atoms with Crippen LogP contribution in [0.15, 0.2) is 60.1 Å². The van der Waals surface area contributed by atoms with Crippen LogP contribution < -0.4 is 0 Å². The smallest absolute Gasteiger partial charge is 0.255 e. The van der Waals surface area contributed by atoms with Crippen molar-refractivity contribution in [1.82, 2.24) is 14.8 Å². The number of hydrogen-bond donors (Lipinski definition) is 0. The van der Waals surface area contributed by atoms with Crippen LogP contribution in [0.5, 0.6) is 0 Å². The maximum absolute atomic E-state index is 13.6. The van der Waals surface area contributed by atoms with E-state index in [9.17, 15) is 9.59 Å². The number of pyridine rings is 1. The quantitative estimate of drug-likeness (QED) is 0.539. The lowest BCUT2D eigenvalue weighted by atomic mass is 9.95. The van der Waals surface area contributed by atoms with Crippen molar-refractivity contribution in [1.29, 1.82) is 0 Å². The third-order valence-corrected chi connectivity index (χ3v) is 7.60. The van der Waals surface area contributed by atoms with E-state index in [4.69, 9.17) is 4.74 Å². The third kappa shape index (κ3) is 5.21. The summed E-state index contributed by atoms with van der Waals surface area (Å²) in [4.78, 5) is 36.1. The van der Waals surface area contributed by atoms with Gasteiger partial charge in [0.05, 0.1) is 24.0 Å². The zero-order valence-electron chi connectivity index (χ0n) is 19.2. The molecule has 1 aliphatic carbocycles. The largest absolute Gasteiger partial charge is 0.368 e. The van der Waals surface area contributed by atoms with Crippen LogP contribution in [-0.4, -0.2) is 52.3 Å². The zero-order valence-corrected chi connectivity index (χ0v) is 20.0. The van der Waals surface area contributed by atoms with Gasteiger partial charge in [0.15, 0.2) is 0 Å². The lowest BCUT2D eigenvalue weighted by Crippen LogP contribution is -2.40. The fourth-order valence-electron chi connectivity index (χ4n) is 4.73. The molecule has 0 spiro atoms. The summed E-state index contributed by atoms with van der Waals surface area (Å²) in [6.07, 6.45) is 5.74. The Labute approximate surface area is 204 Å². The Bertz CT molecular complexity index is 1130. The Morgan fingerprint density at radius 2 is 1.88 bits per heavy atom. The van der Waals surface area contributed by atoms with Gasteiger partial charge < -0.3 is 14.5 Å². The summed E-state index contributed by atoms with van der Waals surface area (Å²) in [5.41, 5.74) is 3.85. The van der Waals surface area contributed by atoms with Gasteiger partial charge in [-0.3, -0.25) is 14.6 Å². The molecule has 0 radical (unpaired) electrons. The molecule has 1 saturated heterocycles. The molecule has 0 N–H and O–H groups in total. The van der Waals surface area contributed by atoms with Crippen molar-refractivity contribution >= 4 is 23.2 Å². The lowest BCUT2D eigenvalue weighted by molar-refractivity contribution is -0.132. The highest BCUT2D eigenvalue weighted by Crippen LogP contribution is 2.31. The first-order chi connectivity index (χ1) is 16.7. The molecule has 176 valence electrons. The maximum atomic E-state index is 13.6. The fourth-order valence-corrected chi connectivity index (χ4v) is 5.85. The van der Waals surface area contributed by atoms with E-state index in [2.05, 4.69) is 4.98 Å². The summed E-state index contributed by atoms with van der Waals surface area (Å²) in [5, 5.41) is 1.99. The highest BCUT2D eigenvalue weighted by molar-refractivity contribution is 7.10. The first-order valence-electron chi connectivity index (χ1n) is 11.9. The molecule has 34 heavy (non-hydrogen) atoms. The predicted octanol–water partition coefficient (Wildman–Crippen LogP) is 4.09. The molecule has 0 bridgehead atoms. The number of nitrogens with zero attached hydrogens (tertiary/aromatic N) is 3. The van der Waals surface area contributed by atoms with Gasteiger partial charge in [-0.2, -0.15) is 0 Å². The molecule has 2 aliphatic rings. The Balaban J connectivity index is 1.37. The number of carbonyl (C=O) groups excluding carboxylic acids is 2. The normalized spacial score (nSPS) is 18.5. The number of amides is 2. The van der Waals surface area contributed by atoms with E-state index in [0.717, 1.165) is 36.1 Å². The topological polar surface area (TPSA) is 62.7 Å². The number of aryl methyl sites for hydroxylation is 1. The minimum atomic E-state index is -0.296. The Kier molecular flexibility index (Phi) is 7.02. The molecule has 3 heterocycles. The van der Waals surface area contributed by atoms with Gasteiger partial charge in [-0.25, -0.2) is 0 Å². The standard InChI is InChI=1S/C27H29N3O3S/c31-26-17-30(27(32)24-19-34-25-12-5-4-11-23(24)25)16-22(33-18-21-10-6-7-13-28-21)15-29(26)14-20-8-2-1-3-9-20/h1-3,6-10,13,19,22H,4-5,11-12,14-18H2/t22-/m0/s1. The van der Waals surface area contributed by atoms with E-state index < -0.39 is 0 Å². The minimum Gasteiger partial charge on any atom is -0.368 e. The Morgan fingerprint density at radius 1 is 1.06 bits per heavy atom. The highest BCUT2D eigenvalue weighted by Gasteiger charge is 2.33. The summed E-state index contributed by atoms with van der Waals surface area (Å²) in [5.74, 6) is -0.106. The molecular weight excluding hydrogens is 446 g/mol. The van der Waals surface area contributed by atoms with E-state index in [0.29, 0.717) is 26.2 Å². The van der Waals surface area contributed by atoms with Gasteiger partial charge in [0, 0.05) is 36.1 Å². The van der Waals surface area contributed by atoms with E-state index in [1.54, 1.807) is 22.4 Å². The molecule has 1 fully saturated rings. The number of benzene rings is 1. The van der Waals surface area contributed by atoms with Crippen molar-refractivity contribution < 1.29 is 14.3 Å². The van der Waals surface area contributed by atoms with Gasteiger partial charge in [-0.1, -0.05) is 36.4 Å². The summed E-state index contributed by atoms with van der Waals surface area (Å²) < 4.78 is 6.23. The summed E-state index contributed by atoms with van der Waals surface area (Å²) in [6.45, 7) is 1.73. The van der Waals surface area contributed by atoms with Crippen LogP contribution in [-0.2, 0) is 35.5 Å². The minimum absolute atomic E-state index is 0.0507. The monoisotopic (exact) mass is 475 g/mol. The van der Waals surface area contributed by atoms with Crippen molar-refractivity contribution in [3.8, 4) is 0 Å². The molecule has 1 aromatic carbocycles. The summed E-state index contributed by atoms with van der Waals surface area (Å²) >= 11 is 1.68. The van der Waals surface area contributed by atoms with Crippen molar-refractivity contribution in [2.75, 3.05) is 19.6 Å². The number of ether oxygens (including phenoxy) is 1. The second-order valence-corrected chi connectivity index (χ2v) is 9.92. The summed E-state index contributed by atoms with van der Waals surface area (Å²) in [7, 11) is 0. The first kappa shape index (κ1) is 22.7. The van der Waals surface area contributed by atoms with Gasteiger partial charge in [0.2, 0.25) is 5.91 Å². The van der Waals surface area contributed by atoms with Crippen LogP contribution in [0.2, 0.25) is 0 Å². The summed E-state index contributed by atoms with van der Waals surface area (Å²) in [6, 6.07) is 15.7. The molecule has 1 aliphatic heterocycles. The van der Waals surface area contributed by atoms with E-state index in [-0.39, 0.29) is 24.5 Å². The van der Waals surface area contributed by atoms with Gasteiger partial charge in [0.25, 0.3) is 5.91 Å². The highest BCUT2D eigenvalue weighted by atomic mass is 32.1. The van der Waals surface area contributed by atoms with Crippen LogP contribution >= 0.6 is 11.3 Å². The van der Waals surface area contributed by atoms with E-state index >= 15 is 0 Å². The molecule has 0 saturated carbocycles. The maximum Gasteiger partial charge on any atom is 0.255 e.